The number of hydrogen-bond acceptors (Lipinski definition) is 3. The van der Waals surface area contributed by atoms with Crippen molar-refractivity contribution in [1.29, 1.82) is 0 Å². The molecule has 152 valence electrons. The van der Waals surface area contributed by atoms with Crippen LogP contribution in [0.5, 0.6) is 5.75 Å². The lowest BCUT2D eigenvalue weighted by molar-refractivity contribution is -0.136. The Balaban J connectivity index is 2.58. The fourth-order valence-corrected chi connectivity index (χ4v) is 2.80. The molecule has 4 heteroatoms. The average molecular weight is 377 g/mol. The van der Waals surface area contributed by atoms with Crippen molar-refractivity contribution in [2.75, 3.05) is 13.2 Å². The smallest absolute Gasteiger partial charge is 0.371 e. The first kappa shape index (κ1) is 23.1. The molecule has 1 rings (SSSR count). The molecule has 1 N–H and O–H groups in total. The summed E-state index contributed by atoms with van der Waals surface area (Å²) in [5, 5.41) is 9.42. The number of rotatable bonds is 15. The van der Waals surface area contributed by atoms with Gasteiger partial charge in [-0.1, -0.05) is 71.4 Å². The third-order valence-corrected chi connectivity index (χ3v) is 4.67. The summed E-state index contributed by atoms with van der Waals surface area (Å²) in [5.74, 6) is 0.179. The highest BCUT2D eigenvalue weighted by Crippen LogP contribution is 2.18. The van der Waals surface area contributed by atoms with Gasteiger partial charge in [-0.3, -0.25) is 0 Å². The molecule has 0 aliphatic carbocycles. The van der Waals surface area contributed by atoms with Crippen molar-refractivity contribution >= 4 is 12.0 Å². The van der Waals surface area contributed by atoms with E-state index in [4.69, 9.17) is 9.47 Å². The van der Waals surface area contributed by atoms with Gasteiger partial charge < -0.3 is 14.6 Å². The maximum absolute atomic E-state index is 11.5. The van der Waals surface area contributed by atoms with Gasteiger partial charge in [0.05, 0.1) is 13.2 Å². The Morgan fingerprint density at radius 3 is 2.33 bits per heavy atom. The molecule has 27 heavy (non-hydrogen) atoms. The van der Waals surface area contributed by atoms with E-state index in [1.165, 1.54) is 19.3 Å². The lowest BCUT2D eigenvalue weighted by atomic mass is 10.0. The molecule has 1 atom stereocenters. The summed E-state index contributed by atoms with van der Waals surface area (Å²) in [6.07, 6.45) is 10.6. The van der Waals surface area contributed by atoms with Gasteiger partial charge in [-0.15, -0.1) is 0 Å². The van der Waals surface area contributed by atoms with E-state index in [0.29, 0.717) is 12.5 Å². The molecular weight excluding hydrogens is 340 g/mol. The molecule has 4 nitrogen and oxygen atoms in total. The highest BCUT2D eigenvalue weighted by atomic mass is 16.5. The third-order valence-electron chi connectivity index (χ3n) is 4.67. The summed E-state index contributed by atoms with van der Waals surface area (Å²) in [7, 11) is 0. The Labute approximate surface area is 164 Å². The van der Waals surface area contributed by atoms with E-state index in [1.54, 1.807) is 6.08 Å². The van der Waals surface area contributed by atoms with Gasteiger partial charge in [0, 0.05) is 0 Å². The van der Waals surface area contributed by atoms with Crippen LogP contribution in [0.15, 0.2) is 30.0 Å². The fourth-order valence-electron chi connectivity index (χ4n) is 2.80. The highest BCUT2D eigenvalue weighted by Gasteiger charge is 2.13. The minimum Gasteiger partial charge on any atom is -0.494 e. The molecule has 1 aromatic carbocycles. The molecule has 0 radical (unpaired) electrons. The summed E-state index contributed by atoms with van der Waals surface area (Å²) in [6, 6.07) is 7.48. The van der Waals surface area contributed by atoms with Gasteiger partial charge in [0.15, 0.2) is 0 Å². The summed E-state index contributed by atoms with van der Waals surface area (Å²) >= 11 is 0. The predicted molar refractivity (Wildman–Crippen MR) is 111 cm³/mol. The third kappa shape index (κ3) is 10.1. The van der Waals surface area contributed by atoms with Gasteiger partial charge in [-0.25, -0.2) is 4.79 Å². The number of aliphatic carboxylic acids is 1. The molecule has 0 saturated carbocycles. The van der Waals surface area contributed by atoms with Gasteiger partial charge in [-0.05, 0) is 42.5 Å². The number of benzene rings is 1. The standard InChI is InChI=1S/C23H36O4/c1-4-7-9-10-16-26-21-14-12-20(13-15-21)17-22(23(24)25)27-18-19(6-3)11-8-5-2/h12-15,17,19H,4-11,16,18H2,1-3H3,(H,24,25). The van der Waals surface area contributed by atoms with Crippen LogP contribution in [0.3, 0.4) is 0 Å². The van der Waals surface area contributed by atoms with Crippen molar-refractivity contribution in [2.24, 2.45) is 5.92 Å². The van der Waals surface area contributed by atoms with Crippen molar-refractivity contribution in [3.63, 3.8) is 0 Å². The van der Waals surface area contributed by atoms with Gasteiger partial charge in [0.25, 0.3) is 0 Å². The maximum atomic E-state index is 11.5. The van der Waals surface area contributed by atoms with E-state index < -0.39 is 5.97 Å². The quantitative estimate of drug-likeness (QED) is 0.221. The molecule has 0 aliphatic rings. The molecule has 0 saturated heterocycles. The predicted octanol–water partition coefficient (Wildman–Crippen LogP) is 6.30. The first-order chi connectivity index (χ1) is 13.1. The van der Waals surface area contributed by atoms with Gasteiger partial charge in [-0.2, -0.15) is 0 Å². The second-order valence-electron chi connectivity index (χ2n) is 7.02. The molecule has 1 aromatic rings. The van der Waals surface area contributed by atoms with E-state index in [2.05, 4.69) is 20.8 Å². The molecule has 0 amide bonds. The lowest BCUT2D eigenvalue weighted by Crippen LogP contribution is -2.13. The van der Waals surface area contributed by atoms with Crippen LogP contribution < -0.4 is 4.74 Å². The van der Waals surface area contributed by atoms with E-state index in [0.717, 1.165) is 50.0 Å². The van der Waals surface area contributed by atoms with Gasteiger partial charge in [0.1, 0.15) is 5.75 Å². The Morgan fingerprint density at radius 2 is 1.74 bits per heavy atom. The van der Waals surface area contributed by atoms with Crippen molar-refractivity contribution in [3.8, 4) is 5.75 Å². The number of carboxylic acid groups (broad SMARTS) is 1. The fraction of sp³-hybridized carbons (Fsp3) is 0.609. The van der Waals surface area contributed by atoms with E-state index in [-0.39, 0.29) is 5.76 Å². The minimum absolute atomic E-state index is 0.00168. The first-order valence-electron chi connectivity index (χ1n) is 10.4. The number of hydrogen-bond donors (Lipinski definition) is 1. The van der Waals surface area contributed by atoms with Crippen molar-refractivity contribution in [2.45, 2.75) is 72.1 Å². The summed E-state index contributed by atoms with van der Waals surface area (Å²) in [5.41, 5.74) is 0.798. The van der Waals surface area contributed by atoms with Crippen LogP contribution in [0.1, 0.15) is 77.7 Å². The Kier molecular flexibility index (Phi) is 12.1. The van der Waals surface area contributed by atoms with Crippen LogP contribution in [-0.2, 0) is 9.53 Å². The summed E-state index contributed by atoms with van der Waals surface area (Å²) < 4.78 is 11.3. The molecule has 0 aliphatic heterocycles. The van der Waals surface area contributed by atoms with Crippen LogP contribution in [-0.4, -0.2) is 24.3 Å². The zero-order chi connectivity index (χ0) is 19.9. The molecular formula is C23H36O4. The number of carbonyl (C=O) groups is 1. The van der Waals surface area contributed by atoms with E-state index in [1.807, 2.05) is 24.3 Å². The molecule has 0 fully saturated rings. The Bertz CT molecular complexity index is 548. The first-order valence-corrected chi connectivity index (χ1v) is 10.4. The van der Waals surface area contributed by atoms with Crippen LogP contribution >= 0.6 is 0 Å². The summed E-state index contributed by atoms with van der Waals surface area (Å²) in [4.78, 5) is 11.5. The second kappa shape index (κ2) is 14.1. The SMILES string of the molecule is CCCCCCOc1ccc(C=C(OCC(CC)CCCC)C(=O)O)cc1. The molecule has 1 unspecified atom stereocenters. The zero-order valence-electron chi connectivity index (χ0n) is 17.2. The van der Waals surface area contributed by atoms with E-state index in [9.17, 15) is 9.90 Å². The van der Waals surface area contributed by atoms with Crippen molar-refractivity contribution < 1.29 is 19.4 Å². The normalized spacial score (nSPS) is 12.6. The Hall–Kier alpha value is -1.97. The summed E-state index contributed by atoms with van der Waals surface area (Å²) in [6.45, 7) is 7.64. The lowest BCUT2D eigenvalue weighted by Gasteiger charge is -2.15. The number of ether oxygens (including phenoxy) is 2. The van der Waals surface area contributed by atoms with E-state index >= 15 is 0 Å². The highest BCUT2D eigenvalue weighted by molar-refractivity contribution is 5.89. The minimum atomic E-state index is -1.03. The van der Waals surface area contributed by atoms with Crippen LogP contribution in [0.2, 0.25) is 0 Å². The molecule has 0 spiro atoms. The van der Waals surface area contributed by atoms with Crippen molar-refractivity contribution in [1.82, 2.24) is 0 Å². The zero-order valence-corrected chi connectivity index (χ0v) is 17.2. The average Bonchev–Trinajstić information content (AvgIpc) is 2.68. The number of unbranched alkanes of at least 4 members (excludes halogenated alkanes) is 4. The van der Waals surface area contributed by atoms with Gasteiger partial charge in [0.2, 0.25) is 5.76 Å². The van der Waals surface area contributed by atoms with Crippen molar-refractivity contribution in [3.05, 3.63) is 35.6 Å². The maximum Gasteiger partial charge on any atom is 0.371 e. The molecule has 0 heterocycles. The van der Waals surface area contributed by atoms with Gasteiger partial charge >= 0.3 is 5.97 Å². The number of carboxylic acids is 1. The van der Waals surface area contributed by atoms with Crippen LogP contribution in [0.25, 0.3) is 6.08 Å². The second-order valence-corrected chi connectivity index (χ2v) is 7.02. The topological polar surface area (TPSA) is 55.8 Å². The van der Waals surface area contributed by atoms with Crippen LogP contribution in [0, 0.1) is 5.92 Å². The Morgan fingerprint density at radius 1 is 1.04 bits per heavy atom. The monoisotopic (exact) mass is 376 g/mol. The van der Waals surface area contributed by atoms with Crippen LogP contribution in [0.4, 0.5) is 0 Å². The molecule has 0 aromatic heterocycles. The largest absolute Gasteiger partial charge is 0.494 e. The molecule has 0 bridgehead atoms.